The van der Waals surface area contributed by atoms with Crippen molar-refractivity contribution in [2.75, 3.05) is 0 Å². The zero-order valence-corrected chi connectivity index (χ0v) is 19.5. The molecule has 3 aromatic carbocycles. The van der Waals surface area contributed by atoms with Crippen LogP contribution < -0.4 is 0 Å². The number of carbonyl (C=O) groups is 1. The molecule has 0 aliphatic heterocycles. The third-order valence-electron chi connectivity index (χ3n) is 6.13. The fraction of sp³-hybridized carbons (Fsp3) is 0.185. The molecule has 0 unspecified atom stereocenters. The number of hydrogen-bond acceptors (Lipinski definition) is 3. The number of phenols is 1. The number of hydrogen-bond donors (Lipinski definition) is 2. The van der Waals surface area contributed by atoms with E-state index < -0.39 is 46.0 Å². The van der Waals surface area contributed by atoms with E-state index >= 15 is 0 Å². The molecular formula is C27H20F4N2O3. The molecule has 4 rings (SSSR count). The summed E-state index contributed by atoms with van der Waals surface area (Å²) in [5.74, 6) is -6.10. The van der Waals surface area contributed by atoms with Gasteiger partial charge in [0.2, 0.25) is 0 Å². The van der Waals surface area contributed by atoms with Crippen LogP contribution in [0.1, 0.15) is 41.9 Å². The number of nitriles is 1. The second-order valence-electron chi connectivity index (χ2n) is 9.15. The zero-order valence-electron chi connectivity index (χ0n) is 19.5. The van der Waals surface area contributed by atoms with Gasteiger partial charge in [0.25, 0.3) is 0 Å². The van der Waals surface area contributed by atoms with Gasteiger partial charge in [0.15, 0.2) is 11.6 Å². The summed E-state index contributed by atoms with van der Waals surface area (Å²) in [6.45, 7) is 4.78. The van der Waals surface area contributed by atoms with Gasteiger partial charge in [0.1, 0.15) is 17.4 Å². The van der Waals surface area contributed by atoms with Crippen molar-refractivity contribution in [1.29, 1.82) is 5.26 Å². The lowest BCUT2D eigenvalue weighted by atomic mass is 9.81. The van der Waals surface area contributed by atoms with Gasteiger partial charge in [0, 0.05) is 40.9 Å². The standard InChI is InChI=1S/C27H20F4N2O3/c1-13-8-14(9-19(31)22(13)26(35)36)23-24-20(10-15(28)11-21(24)34)33(25(23)27(2,3)6-7-32)16-4-5-17(29)18(30)12-16/h4-5,8-12,34H,6H2,1-3H3,(H,35,36). The fourth-order valence-electron chi connectivity index (χ4n) is 4.62. The first-order valence-electron chi connectivity index (χ1n) is 10.8. The van der Waals surface area contributed by atoms with E-state index in [-0.39, 0.29) is 45.4 Å². The number of nitrogens with zero attached hydrogens (tertiary/aromatic N) is 2. The Morgan fingerprint density at radius 3 is 2.31 bits per heavy atom. The minimum atomic E-state index is -1.46. The fourth-order valence-corrected chi connectivity index (χ4v) is 4.62. The van der Waals surface area contributed by atoms with Crippen molar-refractivity contribution in [3.8, 4) is 28.6 Å². The van der Waals surface area contributed by atoms with E-state index in [1.807, 2.05) is 0 Å². The smallest absolute Gasteiger partial charge is 0.338 e. The van der Waals surface area contributed by atoms with Crippen molar-refractivity contribution >= 4 is 16.9 Å². The summed E-state index contributed by atoms with van der Waals surface area (Å²) in [6.07, 6.45) is -0.0854. The number of aromatic nitrogens is 1. The molecule has 1 aromatic heterocycles. The normalized spacial score (nSPS) is 11.6. The highest BCUT2D eigenvalue weighted by Crippen LogP contribution is 2.47. The highest BCUT2D eigenvalue weighted by Gasteiger charge is 2.34. The summed E-state index contributed by atoms with van der Waals surface area (Å²) in [5, 5.41) is 29.8. The molecule has 36 heavy (non-hydrogen) atoms. The number of carboxylic acid groups (broad SMARTS) is 1. The van der Waals surface area contributed by atoms with Crippen LogP contribution in [0.25, 0.3) is 27.7 Å². The van der Waals surface area contributed by atoms with Crippen LogP contribution in [0.3, 0.4) is 0 Å². The van der Waals surface area contributed by atoms with Crippen molar-refractivity contribution in [2.24, 2.45) is 0 Å². The number of carboxylic acids is 1. The number of aryl methyl sites for hydroxylation is 1. The van der Waals surface area contributed by atoms with E-state index in [2.05, 4.69) is 6.07 Å². The molecule has 184 valence electrons. The minimum absolute atomic E-state index is 0.0647. The Kier molecular flexibility index (Phi) is 6.00. The van der Waals surface area contributed by atoms with Gasteiger partial charge in [-0.25, -0.2) is 22.4 Å². The molecule has 9 heteroatoms. The third-order valence-corrected chi connectivity index (χ3v) is 6.13. The van der Waals surface area contributed by atoms with Crippen molar-refractivity contribution in [3.05, 3.63) is 82.6 Å². The zero-order chi connectivity index (χ0) is 26.5. The topological polar surface area (TPSA) is 86.3 Å². The molecule has 2 N–H and O–H groups in total. The summed E-state index contributed by atoms with van der Waals surface area (Å²) in [7, 11) is 0. The Hall–Kier alpha value is -4.32. The van der Waals surface area contributed by atoms with E-state index in [9.17, 15) is 37.8 Å². The Morgan fingerprint density at radius 1 is 1.03 bits per heavy atom. The molecule has 0 atom stereocenters. The first-order chi connectivity index (χ1) is 16.9. The van der Waals surface area contributed by atoms with Crippen LogP contribution in [0.5, 0.6) is 5.75 Å². The van der Waals surface area contributed by atoms with Gasteiger partial charge in [-0.1, -0.05) is 19.9 Å². The summed E-state index contributed by atoms with van der Waals surface area (Å²) >= 11 is 0. The van der Waals surface area contributed by atoms with Gasteiger partial charge in [-0.15, -0.1) is 0 Å². The monoisotopic (exact) mass is 496 g/mol. The van der Waals surface area contributed by atoms with Crippen LogP contribution in [0.4, 0.5) is 17.6 Å². The Bertz CT molecular complexity index is 1580. The Morgan fingerprint density at radius 2 is 1.72 bits per heavy atom. The van der Waals surface area contributed by atoms with Crippen molar-refractivity contribution < 1.29 is 32.6 Å². The van der Waals surface area contributed by atoms with Gasteiger partial charge < -0.3 is 14.8 Å². The summed E-state index contributed by atoms with van der Waals surface area (Å²) in [4.78, 5) is 11.5. The van der Waals surface area contributed by atoms with E-state index in [0.717, 1.165) is 30.3 Å². The summed E-state index contributed by atoms with van der Waals surface area (Å²) in [6, 6.07) is 9.44. The first-order valence-corrected chi connectivity index (χ1v) is 10.8. The first kappa shape index (κ1) is 24.8. The van der Waals surface area contributed by atoms with Crippen LogP contribution in [-0.4, -0.2) is 20.7 Å². The average molecular weight is 496 g/mol. The quantitative estimate of drug-likeness (QED) is 0.299. The molecule has 0 saturated carbocycles. The lowest BCUT2D eigenvalue weighted by Gasteiger charge is -2.27. The van der Waals surface area contributed by atoms with Gasteiger partial charge in [-0.3, -0.25) is 0 Å². The summed E-state index contributed by atoms with van der Waals surface area (Å²) < 4.78 is 58.9. The van der Waals surface area contributed by atoms with Crippen LogP contribution >= 0.6 is 0 Å². The predicted octanol–water partition coefficient (Wildman–Crippen LogP) is 6.76. The molecule has 0 spiro atoms. The van der Waals surface area contributed by atoms with E-state index in [1.54, 1.807) is 13.8 Å². The van der Waals surface area contributed by atoms with Crippen LogP contribution in [0, 0.1) is 41.5 Å². The molecular weight excluding hydrogens is 476 g/mol. The number of benzene rings is 3. The van der Waals surface area contributed by atoms with E-state index in [4.69, 9.17) is 0 Å². The predicted molar refractivity (Wildman–Crippen MR) is 125 cm³/mol. The maximum Gasteiger partial charge on any atom is 0.338 e. The number of phenolic OH excluding ortho intramolecular Hbond substituents is 1. The number of aromatic carboxylic acids is 1. The van der Waals surface area contributed by atoms with Crippen molar-refractivity contribution in [1.82, 2.24) is 4.57 Å². The summed E-state index contributed by atoms with van der Waals surface area (Å²) in [5.41, 5.74) is -0.686. The van der Waals surface area contributed by atoms with Crippen molar-refractivity contribution in [2.45, 2.75) is 32.6 Å². The van der Waals surface area contributed by atoms with Gasteiger partial charge >= 0.3 is 5.97 Å². The molecule has 0 aliphatic rings. The second-order valence-corrected chi connectivity index (χ2v) is 9.15. The molecule has 0 aliphatic carbocycles. The SMILES string of the molecule is Cc1cc(-c2c(C(C)(C)CC#N)n(-c3ccc(F)c(F)c3)c3cc(F)cc(O)c23)cc(F)c1C(=O)O. The molecule has 0 bridgehead atoms. The number of fused-ring (bicyclic) bond motifs is 1. The molecule has 1 heterocycles. The maximum absolute atomic E-state index is 15.0. The van der Waals surface area contributed by atoms with Gasteiger partial charge in [-0.2, -0.15) is 5.26 Å². The number of aromatic hydroxyl groups is 1. The highest BCUT2D eigenvalue weighted by atomic mass is 19.2. The number of rotatable bonds is 5. The van der Waals surface area contributed by atoms with Gasteiger partial charge in [0.05, 0.1) is 22.5 Å². The molecule has 4 aromatic rings. The Labute approximate surface area is 203 Å². The average Bonchev–Trinajstić information content (AvgIpc) is 3.11. The molecule has 0 saturated heterocycles. The lowest BCUT2D eigenvalue weighted by Crippen LogP contribution is -2.22. The Balaban J connectivity index is 2.26. The van der Waals surface area contributed by atoms with E-state index in [1.165, 1.54) is 23.6 Å². The maximum atomic E-state index is 15.0. The van der Waals surface area contributed by atoms with Crippen LogP contribution in [-0.2, 0) is 5.41 Å². The molecule has 5 nitrogen and oxygen atoms in total. The van der Waals surface area contributed by atoms with Crippen molar-refractivity contribution in [3.63, 3.8) is 0 Å². The molecule has 0 amide bonds. The molecule has 0 radical (unpaired) electrons. The van der Waals surface area contributed by atoms with Crippen LogP contribution in [0.15, 0.2) is 42.5 Å². The second kappa shape index (κ2) is 8.72. The number of halogens is 4. The van der Waals surface area contributed by atoms with Gasteiger partial charge in [-0.05, 0) is 42.3 Å². The largest absolute Gasteiger partial charge is 0.507 e. The highest BCUT2D eigenvalue weighted by molar-refractivity contribution is 6.04. The molecule has 0 fully saturated rings. The van der Waals surface area contributed by atoms with Crippen LogP contribution in [0.2, 0.25) is 0 Å². The lowest BCUT2D eigenvalue weighted by molar-refractivity contribution is 0.0691. The van der Waals surface area contributed by atoms with E-state index in [0.29, 0.717) is 0 Å². The minimum Gasteiger partial charge on any atom is -0.507 e. The third kappa shape index (κ3) is 3.94.